The maximum Gasteiger partial charge on any atom is 0.144 e. The van der Waals surface area contributed by atoms with E-state index < -0.39 is 0 Å². The molecule has 1 saturated heterocycles. The third kappa shape index (κ3) is 1.84. The predicted octanol–water partition coefficient (Wildman–Crippen LogP) is 2.60. The van der Waals surface area contributed by atoms with E-state index in [1.165, 1.54) is 56.1 Å². The number of likely N-dealkylation sites (tertiary alicyclic amines) is 1. The van der Waals surface area contributed by atoms with Crippen molar-refractivity contribution in [3.05, 3.63) is 0 Å². The molecule has 3 atom stereocenters. The molecule has 2 aliphatic carbocycles. The van der Waals surface area contributed by atoms with Gasteiger partial charge in [-0.25, -0.2) is 0 Å². The third-order valence-electron chi connectivity index (χ3n) is 5.26. The molecule has 0 N–H and O–H groups in total. The molecule has 0 amide bonds. The topological polar surface area (TPSA) is 17.1 Å². The molecule has 16 heavy (non-hydrogen) atoms. The van der Waals surface area contributed by atoms with Crippen LogP contribution < -0.4 is 0 Å². The lowest BCUT2D eigenvalue weighted by molar-refractivity contribution is -0.925. The number of fused-ring (bicyclic) bond motifs is 2. The Morgan fingerprint density at radius 1 is 1.06 bits per heavy atom. The number of carbonyl (C=O) groups is 1. The van der Waals surface area contributed by atoms with E-state index in [1.54, 1.807) is 0 Å². The highest BCUT2D eigenvalue weighted by Crippen LogP contribution is 2.44. The van der Waals surface area contributed by atoms with Crippen molar-refractivity contribution in [3.8, 4) is 0 Å². The van der Waals surface area contributed by atoms with Gasteiger partial charge in [-0.1, -0.05) is 0 Å². The van der Waals surface area contributed by atoms with Crippen LogP contribution in [0.15, 0.2) is 0 Å². The van der Waals surface area contributed by atoms with Crippen LogP contribution in [0, 0.1) is 11.8 Å². The van der Waals surface area contributed by atoms with E-state index >= 15 is 0 Å². The summed E-state index contributed by atoms with van der Waals surface area (Å²) in [6.45, 7) is 2.64. The minimum absolute atomic E-state index is 0. The van der Waals surface area contributed by atoms with Crippen molar-refractivity contribution in [1.29, 1.82) is 0 Å². The number of carbonyl (C=O) groups excluding carboxylic acids is 1. The van der Waals surface area contributed by atoms with Crippen LogP contribution in [-0.2, 0) is 4.79 Å². The first-order chi connectivity index (χ1) is 7.21. The Hall–Kier alpha value is 0.360. The van der Waals surface area contributed by atoms with Crippen LogP contribution >= 0.6 is 24.0 Å². The van der Waals surface area contributed by atoms with Gasteiger partial charge in [-0.05, 0) is 19.3 Å². The maximum absolute atomic E-state index is 12.1. The van der Waals surface area contributed by atoms with Gasteiger partial charge in [0.05, 0.1) is 32.1 Å². The monoisotopic (exact) mass is 336 g/mol. The summed E-state index contributed by atoms with van der Waals surface area (Å²) in [5, 5.41) is 0. The van der Waals surface area contributed by atoms with Gasteiger partial charge >= 0.3 is 0 Å². The van der Waals surface area contributed by atoms with Crippen molar-refractivity contribution < 1.29 is 9.28 Å². The van der Waals surface area contributed by atoms with Gasteiger partial charge in [0.25, 0.3) is 0 Å². The lowest BCUT2D eigenvalue weighted by Crippen LogP contribution is -2.55. The van der Waals surface area contributed by atoms with Gasteiger partial charge < -0.3 is 4.48 Å². The molecule has 0 spiro atoms. The summed E-state index contributed by atoms with van der Waals surface area (Å²) in [6.07, 6.45) is 7.64. The Bertz CT molecular complexity index is 286. The van der Waals surface area contributed by atoms with E-state index in [4.69, 9.17) is 0 Å². The Morgan fingerprint density at radius 3 is 2.38 bits per heavy atom. The molecule has 2 nitrogen and oxygen atoms in total. The molecule has 3 heteroatoms. The Kier molecular flexibility index (Phi) is 3.65. The SMILES string of the molecule is C[N+]1(C2CCC3CCC2C3=O)CCCC1.I. The number of ketones is 1. The fourth-order valence-corrected chi connectivity index (χ4v) is 4.35. The van der Waals surface area contributed by atoms with E-state index in [0.29, 0.717) is 23.7 Å². The van der Waals surface area contributed by atoms with Gasteiger partial charge in [0.1, 0.15) is 5.78 Å². The predicted molar refractivity (Wildman–Crippen MR) is 74.8 cm³/mol. The van der Waals surface area contributed by atoms with Crippen molar-refractivity contribution in [2.24, 2.45) is 11.8 Å². The highest BCUT2D eigenvalue weighted by atomic mass is 127. The summed E-state index contributed by atoms with van der Waals surface area (Å²) in [4.78, 5) is 12.1. The van der Waals surface area contributed by atoms with Gasteiger partial charge in [0.2, 0.25) is 0 Å². The zero-order chi connectivity index (χ0) is 10.5. The standard InChI is InChI=1S/C13H22NO.HI/c1-14(8-2-3-9-14)12-7-5-10-4-6-11(12)13(10)15;/h10-12H,2-9H2,1H3;1H/q+1;. The fourth-order valence-electron chi connectivity index (χ4n) is 4.35. The Morgan fingerprint density at radius 2 is 1.69 bits per heavy atom. The molecule has 2 bridgehead atoms. The number of hydrogen-bond acceptors (Lipinski definition) is 1. The summed E-state index contributed by atoms with van der Waals surface area (Å²) < 4.78 is 1.21. The van der Waals surface area contributed by atoms with Crippen LogP contribution in [0.3, 0.4) is 0 Å². The second-order valence-electron chi connectivity index (χ2n) is 6.06. The zero-order valence-corrected chi connectivity index (χ0v) is 12.5. The van der Waals surface area contributed by atoms with Crippen molar-refractivity contribution in [2.75, 3.05) is 20.1 Å². The Labute approximate surface area is 115 Å². The quantitative estimate of drug-likeness (QED) is 0.531. The second kappa shape index (κ2) is 4.56. The Balaban J connectivity index is 0.000000963. The van der Waals surface area contributed by atoms with E-state index in [1.807, 2.05) is 0 Å². The van der Waals surface area contributed by atoms with Gasteiger partial charge in [-0.3, -0.25) is 4.79 Å². The van der Waals surface area contributed by atoms with Crippen molar-refractivity contribution in [2.45, 2.75) is 44.6 Å². The zero-order valence-electron chi connectivity index (χ0n) is 10.2. The summed E-state index contributed by atoms with van der Waals surface area (Å²) in [7, 11) is 2.39. The highest BCUT2D eigenvalue weighted by Gasteiger charge is 2.51. The smallest absolute Gasteiger partial charge is 0.144 e. The first-order valence-electron chi connectivity index (χ1n) is 6.59. The molecule has 3 fully saturated rings. The molecule has 0 radical (unpaired) electrons. The largest absolute Gasteiger partial charge is 0.323 e. The molecule has 1 heterocycles. The van der Waals surface area contributed by atoms with E-state index in [0.717, 1.165) is 0 Å². The van der Waals surface area contributed by atoms with Gasteiger partial charge in [-0.15, -0.1) is 24.0 Å². The molecule has 3 unspecified atom stereocenters. The molecule has 0 aromatic carbocycles. The molecular weight excluding hydrogens is 313 g/mol. The summed E-state index contributed by atoms with van der Waals surface area (Å²) in [6, 6.07) is 0.679. The highest BCUT2D eigenvalue weighted by molar-refractivity contribution is 14.0. The number of hydrogen-bond donors (Lipinski definition) is 0. The third-order valence-corrected chi connectivity index (χ3v) is 5.26. The molecule has 3 aliphatic rings. The van der Waals surface area contributed by atoms with Crippen LogP contribution in [0.4, 0.5) is 0 Å². The lowest BCUT2D eigenvalue weighted by atomic mass is 9.82. The lowest BCUT2D eigenvalue weighted by Gasteiger charge is -2.42. The second-order valence-corrected chi connectivity index (χ2v) is 6.06. The van der Waals surface area contributed by atoms with Gasteiger partial charge in [0, 0.05) is 25.2 Å². The molecule has 0 aromatic heterocycles. The molecule has 2 saturated carbocycles. The first-order valence-corrected chi connectivity index (χ1v) is 6.59. The maximum atomic E-state index is 12.1. The summed E-state index contributed by atoms with van der Waals surface area (Å²) in [5.41, 5.74) is 0. The number of rotatable bonds is 1. The molecule has 92 valence electrons. The van der Waals surface area contributed by atoms with Crippen molar-refractivity contribution >= 4 is 29.8 Å². The average Bonchev–Trinajstić information content (AvgIpc) is 2.72. The van der Waals surface area contributed by atoms with Crippen LogP contribution in [0.25, 0.3) is 0 Å². The number of quaternary nitrogens is 1. The van der Waals surface area contributed by atoms with E-state index in [2.05, 4.69) is 7.05 Å². The molecule has 3 rings (SSSR count). The average molecular weight is 336 g/mol. The number of nitrogens with zero attached hydrogens (tertiary/aromatic N) is 1. The van der Waals surface area contributed by atoms with Gasteiger partial charge in [0.15, 0.2) is 0 Å². The van der Waals surface area contributed by atoms with Crippen molar-refractivity contribution in [3.63, 3.8) is 0 Å². The van der Waals surface area contributed by atoms with E-state index in [9.17, 15) is 4.79 Å². The van der Waals surface area contributed by atoms with Crippen LogP contribution in [0.1, 0.15) is 38.5 Å². The number of Topliss-reactive ketones (excluding diaryl/α,β-unsaturated/α-hetero) is 1. The molecular formula is C13H23INO+. The van der Waals surface area contributed by atoms with Crippen LogP contribution in [-0.4, -0.2) is 36.4 Å². The van der Waals surface area contributed by atoms with Gasteiger partial charge in [-0.2, -0.15) is 0 Å². The van der Waals surface area contributed by atoms with Crippen molar-refractivity contribution in [1.82, 2.24) is 0 Å². The first kappa shape index (κ1) is 12.8. The minimum atomic E-state index is 0. The van der Waals surface area contributed by atoms with Crippen LogP contribution in [0.5, 0.6) is 0 Å². The van der Waals surface area contributed by atoms with E-state index in [-0.39, 0.29) is 24.0 Å². The fraction of sp³-hybridized carbons (Fsp3) is 0.923. The molecule has 1 aliphatic heterocycles. The van der Waals surface area contributed by atoms with Crippen LogP contribution in [0.2, 0.25) is 0 Å². The summed E-state index contributed by atoms with van der Waals surface area (Å²) in [5.74, 6) is 1.52. The summed E-state index contributed by atoms with van der Waals surface area (Å²) >= 11 is 0. The molecule has 0 aromatic rings. The number of halogens is 1. The normalized spacial score (nSPS) is 40.8. The minimum Gasteiger partial charge on any atom is -0.323 e.